The van der Waals surface area contributed by atoms with Crippen molar-refractivity contribution in [2.45, 2.75) is 6.92 Å². The number of thiazole rings is 1. The highest BCUT2D eigenvalue weighted by Crippen LogP contribution is 2.12. The molecule has 0 atom stereocenters. The van der Waals surface area contributed by atoms with E-state index in [1.165, 1.54) is 11.3 Å². The number of esters is 1. The third kappa shape index (κ3) is 3.80. The van der Waals surface area contributed by atoms with Crippen LogP contribution < -0.4 is 4.80 Å². The lowest BCUT2D eigenvalue weighted by Gasteiger charge is -2.01. The van der Waals surface area contributed by atoms with Crippen LogP contribution >= 0.6 is 22.9 Å². The van der Waals surface area contributed by atoms with Crippen LogP contribution in [0.4, 0.5) is 0 Å². The minimum absolute atomic E-state index is 0.339. The second-order valence-corrected chi connectivity index (χ2v) is 5.29. The molecule has 0 N–H and O–H groups in total. The molecule has 2 rings (SSSR count). The van der Waals surface area contributed by atoms with Crippen LogP contribution in [0.3, 0.4) is 0 Å². The van der Waals surface area contributed by atoms with Gasteiger partial charge in [0.1, 0.15) is 5.69 Å². The molecular weight excluding hydrogens is 310 g/mol. The van der Waals surface area contributed by atoms with Crippen molar-refractivity contribution in [3.63, 3.8) is 0 Å². The molecule has 1 aromatic carbocycles. The molecule has 7 heteroatoms. The van der Waals surface area contributed by atoms with E-state index in [0.717, 1.165) is 5.56 Å². The van der Waals surface area contributed by atoms with Crippen molar-refractivity contribution in [3.05, 3.63) is 50.7 Å². The number of nitrogens with zero attached hydrogens (tertiary/aromatic N) is 3. The van der Waals surface area contributed by atoms with Gasteiger partial charge >= 0.3 is 5.97 Å². The third-order valence-corrected chi connectivity index (χ3v) is 3.91. The number of carbonyl (C=O) groups is 1. The molecule has 0 fully saturated rings. The Labute approximate surface area is 131 Å². The lowest BCUT2D eigenvalue weighted by atomic mass is 10.2. The fourth-order valence-corrected chi connectivity index (χ4v) is 2.58. The Kier molecular flexibility index (Phi) is 5.30. The number of rotatable bonds is 4. The zero-order valence-corrected chi connectivity index (χ0v) is 13.2. The van der Waals surface area contributed by atoms with Crippen molar-refractivity contribution in [2.24, 2.45) is 17.3 Å². The molecule has 0 spiro atoms. The van der Waals surface area contributed by atoms with Crippen molar-refractivity contribution in [1.29, 1.82) is 0 Å². The van der Waals surface area contributed by atoms with Crippen LogP contribution in [0.15, 0.2) is 39.8 Å². The number of halogens is 1. The summed E-state index contributed by atoms with van der Waals surface area (Å²) < 4.78 is 6.61. The Morgan fingerprint density at radius 1 is 1.48 bits per heavy atom. The standard InChI is InChI=1S/C14H14ClN3O2S/c1-3-20-13(19)12-9-21-14(18(12)2)17-16-8-10-6-4-5-7-11(10)15/h4-9H,3H2,1-2H3/b16-8-,17-14-. The fourth-order valence-electron chi connectivity index (χ4n) is 1.57. The van der Waals surface area contributed by atoms with E-state index >= 15 is 0 Å². The molecule has 5 nitrogen and oxygen atoms in total. The zero-order valence-electron chi connectivity index (χ0n) is 11.6. The molecule has 1 heterocycles. The molecule has 110 valence electrons. The van der Waals surface area contributed by atoms with Gasteiger partial charge in [0.15, 0.2) is 0 Å². The highest BCUT2D eigenvalue weighted by atomic mass is 35.5. The van der Waals surface area contributed by atoms with Gasteiger partial charge in [-0.2, -0.15) is 5.10 Å². The Bertz CT molecular complexity index is 734. The fraction of sp³-hybridized carbons (Fsp3) is 0.214. The maximum atomic E-state index is 11.7. The maximum absolute atomic E-state index is 11.7. The van der Waals surface area contributed by atoms with Gasteiger partial charge < -0.3 is 9.30 Å². The molecule has 2 aromatic rings. The predicted molar refractivity (Wildman–Crippen MR) is 83.9 cm³/mol. The van der Waals surface area contributed by atoms with Crippen LogP contribution in [0.25, 0.3) is 0 Å². The summed E-state index contributed by atoms with van der Waals surface area (Å²) in [6.07, 6.45) is 1.58. The molecule has 0 bridgehead atoms. The van der Waals surface area contributed by atoms with Gasteiger partial charge in [0.2, 0.25) is 4.80 Å². The van der Waals surface area contributed by atoms with Crippen molar-refractivity contribution in [2.75, 3.05) is 6.61 Å². The molecule has 0 radical (unpaired) electrons. The molecule has 0 aliphatic heterocycles. The van der Waals surface area contributed by atoms with Gasteiger partial charge in [0, 0.05) is 23.0 Å². The number of aromatic nitrogens is 1. The van der Waals surface area contributed by atoms with Crippen molar-refractivity contribution < 1.29 is 9.53 Å². The minimum Gasteiger partial charge on any atom is -0.461 e. The Morgan fingerprint density at radius 3 is 2.95 bits per heavy atom. The first-order chi connectivity index (χ1) is 10.1. The molecule has 0 saturated carbocycles. The molecule has 1 aromatic heterocycles. The minimum atomic E-state index is -0.368. The number of benzene rings is 1. The van der Waals surface area contributed by atoms with E-state index in [1.54, 1.807) is 36.2 Å². The van der Waals surface area contributed by atoms with E-state index in [1.807, 2.05) is 18.2 Å². The molecular formula is C14H14ClN3O2S. The Balaban J connectivity index is 2.23. The van der Waals surface area contributed by atoms with Crippen LogP contribution in [-0.4, -0.2) is 23.4 Å². The van der Waals surface area contributed by atoms with E-state index in [9.17, 15) is 4.79 Å². The van der Waals surface area contributed by atoms with Crippen LogP contribution in [0.2, 0.25) is 5.02 Å². The number of hydrogen-bond acceptors (Lipinski definition) is 5. The lowest BCUT2D eigenvalue weighted by molar-refractivity contribution is 0.0515. The average Bonchev–Trinajstić information content (AvgIpc) is 2.83. The SMILES string of the molecule is CCOC(=O)c1cs/c(=N\N=C/c2ccccc2Cl)n1C. The van der Waals surface area contributed by atoms with Gasteiger partial charge in [0.05, 0.1) is 12.8 Å². The monoisotopic (exact) mass is 323 g/mol. The van der Waals surface area contributed by atoms with Crippen molar-refractivity contribution in [1.82, 2.24) is 4.57 Å². The summed E-state index contributed by atoms with van der Waals surface area (Å²) in [5, 5.41) is 10.4. The first-order valence-corrected chi connectivity index (χ1v) is 7.52. The van der Waals surface area contributed by atoms with Crippen LogP contribution in [-0.2, 0) is 11.8 Å². The van der Waals surface area contributed by atoms with Gasteiger partial charge in [-0.05, 0) is 13.0 Å². The van der Waals surface area contributed by atoms with E-state index < -0.39 is 0 Å². The van der Waals surface area contributed by atoms with E-state index in [0.29, 0.717) is 22.1 Å². The van der Waals surface area contributed by atoms with E-state index in [4.69, 9.17) is 16.3 Å². The van der Waals surface area contributed by atoms with Gasteiger partial charge in [-0.1, -0.05) is 29.8 Å². The first-order valence-electron chi connectivity index (χ1n) is 6.26. The number of carbonyl (C=O) groups excluding carboxylic acids is 1. The second kappa shape index (κ2) is 7.19. The summed E-state index contributed by atoms with van der Waals surface area (Å²) in [5.41, 5.74) is 1.24. The van der Waals surface area contributed by atoms with Gasteiger partial charge in [0.25, 0.3) is 0 Å². The molecule has 21 heavy (non-hydrogen) atoms. The summed E-state index contributed by atoms with van der Waals surface area (Å²) in [7, 11) is 1.74. The smallest absolute Gasteiger partial charge is 0.355 e. The van der Waals surface area contributed by atoms with Crippen LogP contribution in [0.1, 0.15) is 23.0 Å². The molecule has 0 amide bonds. The van der Waals surface area contributed by atoms with Crippen molar-refractivity contribution in [3.8, 4) is 0 Å². The van der Waals surface area contributed by atoms with Crippen LogP contribution in [0.5, 0.6) is 0 Å². The second-order valence-electron chi connectivity index (χ2n) is 4.05. The number of ether oxygens (including phenoxy) is 1. The Morgan fingerprint density at radius 2 is 2.24 bits per heavy atom. The largest absolute Gasteiger partial charge is 0.461 e. The molecule has 0 aliphatic rings. The normalized spacial score (nSPS) is 12.0. The number of hydrogen-bond donors (Lipinski definition) is 0. The average molecular weight is 324 g/mol. The van der Waals surface area contributed by atoms with Gasteiger partial charge in [-0.3, -0.25) is 0 Å². The third-order valence-electron chi connectivity index (χ3n) is 2.65. The van der Waals surface area contributed by atoms with E-state index in [-0.39, 0.29) is 5.97 Å². The summed E-state index contributed by atoms with van der Waals surface area (Å²) in [5.74, 6) is -0.368. The highest BCUT2D eigenvalue weighted by molar-refractivity contribution is 7.07. The zero-order chi connectivity index (χ0) is 15.2. The highest BCUT2D eigenvalue weighted by Gasteiger charge is 2.11. The first kappa shape index (κ1) is 15.5. The van der Waals surface area contributed by atoms with Crippen molar-refractivity contribution >= 4 is 35.1 Å². The van der Waals surface area contributed by atoms with E-state index in [2.05, 4.69) is 10.2 Å². The topological polar surface area (TPSA) is 55.9 Å². The quantitative estimate of drug-likeness (QED) is 0.493. The van der Waals surface area contributed by atoms with Gasteiger partial charge in [-0.25, -0.2) is 4.79 Å². The summed E-state index contributed by atoms with van der Waals surface area (Å²) in [6, 6.07) is 7.35. The summed E-state index contributed by atoms with van der Waals surface area (Å²) in [6.45, 7) is 2.11. The predicted octanol–water partition coefficient (Wildman–Crippen LogP) is 2.85. The lowest BCUT2D eigenvalue weighted by Crippen LogP contribution is -2.17. The molecule has 0 unspecified atom stereocenters. The maximum Gasteiger partial charge on any atom is 0.355 e. The molecule has 0 aliphatic carbocycles. The Hall–Kier alpha value is -1.92. The molecule has 0 saturated heterocycles. The van der Waals surface area contributed by atoms with Crippen LogP contribution in [0, 0.1) is 0 Å². The summed E-state index contributed by atoms with van der Waals surface area (Å²) >= 11 is 7.34. The summed E-state index contributed by atoms with van der Waals surface area (Å²) in [4.78, 5) is 12.3. The van der Waals surface area contributed by atoms with Gasteiger partial charge in [-0.15, -0.1) is 16.4 Å².